The monoisotopic (exact) mass is 337 g/mol. The molecular weight excluding hydrogens is 314 g/mol. The van der Waals surface area contributed by atoms with E-state index in [0.717, 1.165) is 29.1 Å². The van der Waals surface area contributed by atoms with Crippen molar-refractivity contribution in [1.82, 2.24) is 19.7 Å². The minimum atomic E-state index is 0.0543. The Morgan fingerprint density at radius 3 is 2.84 bits per heavy atom. The van der Waals surface area contributed by atoms with Crippen LogP contribution in [0.2, 0.25) is 0 Å². The van der Waals surface area contributed by atoms with E-state index in [1.807, 2.05) is 47.9 Å². The Kier molecular flexibility index (Phi) is 5.28. The van der Waals surface area contributed by atoms with Gasteiger partial charge in [-0.05, 0) is 13.3 Å². The molecule has 6 nitrogen and oxygen atoms in total. The first kappa shape index (κ1) is 17.0. The Balaban J connectivity index is 1.79. The quantitative estimate of drug-likeness (QED) is 0.695. The molecule has 0 fully saturated rings. The van der Waals surface area contributed by atoms with Crippen LogP contribution in [0.5, 0.6) is 0 Å². The number of rotatable bonds is 7. The first-order valence-electron chi connectivity index (χ1n) is 8.59. The molecule has 130 valence electrons. The average Bonchev–Trinajstić information content (AvgIpc) is 3.01. The molecule has 6 heteroatoms. The van der Waals surface area contributed by atoms with Crippen LogP contribution in [0, 0.1) is 0 Å². The summed E-state index contributed by atoms with van der Waals surface area (Å²) in [4.78, 5) is 20.8. The zero-order chi connectivity index (χ0) is 17.6. The molecule has 3 aromatic rings. The smallest absolute Gasteiger partial charge is 0.221 e. The van der Waals surface area contributed by atoms with Gasteiger partial charge in [-0.1, -0.05) is 37.3 Å². The van der Waals surface area contributed by atoms with Gasteiger partial charge >= 0.3 is 0 Å². The van der Waals surface area contributed by atoms with Crippen LogP contribution in [-0.4, -0.2) is 32.9 Å². The zero-order valence-electron chi connectivity index (χ0n) is 14.6. The van der Waals surface area contributed by atoms with Crippen LogP contribution in [0.4, 0.5) is 5.82 Å². The van der Waals surface area contributed by atoms with Gasteiger partial charge in [0.1, 0.15) is 11.5 Å². The van der Waals surface area contributed by atoms with Crippen molar-refractivity contribution in [3.05, 3.63) is 48.9 Å². The van der Waals surface area contributed by atoms with Gasteiger partial charge in [0.2, 0.25) is 5.91 Å². The molecule has 3 rings (SSSR count). The molecule has 2 N–H and O–H groups in total. The molecular formula is C19H23N5O. The third-order valence-electron chi connectivity index (χ3n) is 4.14. The lowest BCUT2D eigenvalue weighted by atomic mass is 10.1. The molecule has 25 heavy (non-hydrogen) atoms. The highest BCUT2D eigenvalue weighted by Crippen LogP contribution is 2.28. The number of hydrogen-bond donors (Lipinski definition) is 2. The highest BCUT2D eigenvalue weighted by atomic mass is 16.1. The molecule has 1 amide bonds. The van der Waals surface area contributed by atoms with Crippen molar-refractivity contribution in [3.63, 3.8) is 0 Å². The largest absolute Gasteiger partial charge is 0.369 e. The zero-order valence-corrected chi connectivity index (χ0v) is 14.6. The highest BCUT2D eigenvalue weighted by Gasteiger charge is 2.14. The van der Waals surface area contributed by atoms with Crippen LogP contribution in [-0.2, 0) is 4.79 Å². The number of aromatic nitrogens is 3. The van der Waals surface area contributed by atoms with Crippen molar-refractivity contribution in [2.75, 3.05) is 11.9 Å². The van der Waals surface area contributed by atoms with Crippen LogP contribution < -0.4 is 10.6 Å². The second-order valence-electron chi connectivity index (χ2n) is 6.03. The van der Waals surface area contributed by atoms with E-state index in [2.05, 4.69) is 27.5 Å². The van der Waals surface area contributed by atoms with E-state index in [1.54, 1.807) is 12.4 Å². The van der Waals surface area contributed by atoms with E-state index >= 15 is 0 Å². The Bertz CT molecular complexity index is 843. The lowest BCUT2D eigenvalue weighted by molar-refractivity contribution is -0.121. The fourth-order valence-corrected chi connectivity index (χ4v) is 2.62. The summed E-state index contributed by atoms with van der Waals surface area (Å²) in [7, 11) is 0. The van der Waals surface area contributed by atoms with Crippen molar-refractivity contribution in [3.8, 4) is 11.3 Å². The Hall–Kier alpha value is -2.89. The number of carbonyl (C=O) groups excluding carboxylic acids is 1. The van der Waals surface area contributed by atoms with Crippen molar-refractivity contribution in [2.45, 2.75) is 32.7 Å². The number of nitrogens with zero attached hydrogens (tertiary/aromatic N) is 3. The lowest BCUT2D eigenvalue weighted by Crippen LogP contribution is -2.33. The maximum Gasteiger partial charge on any atom is 0.221 e. The number of carbonyl (C=O) groups is 1. The summed E-state index contributed by atoms with van der Waals surface area (Å²) in [5.74, 6) is 0.929. The summed E-state index contributed by atoms with van der Waals surface area (Å²) in [6.45, 7) is 4.61. The predicted octanol–water partition coefficient (Wildman–Crippen LogP) is 3.11. The SMILES string of the molecule is CC[C@@H](C)NC(=O)CCNc1c(-c2ccccc2)nc2cnccn12. The minimum Gasteiger partial charge on any atom is -0.369 e. The summed E-state index contributed by atoms with van der Waals surface area (Å²) in [6, 6.07) is 10.2. The molecule has 0 saturated heterocycles. The predicted molar refractivity (Wildman–Crippen MR) is 99.4 cm³/mol. The van der Waals surface area contributed by atoms with Crippen molar-refractivity contribution in [2.24, 2.45) is 0 Å². The third-order valence-corrected chi connectivity index (χ3v) is 4.14. The molecule has 0 spiro atoms. The number of amides is 1. The van der Waals surface area contributed by atoms with Crippen LogP contribution in [0.15, 0.2) is 48.9 Å². The van der Waals surface area contributed by atoms with E-state index in [0.29, 0.717) is 13.0 Å². The second-order valence-corrected chi connectivity index (χ2v) is 6.03. The van der Waals surface area contributed by atoms with Gasteiger partial charge in [-0.2, -0.15) is 0 Å². The lowest BCUT2D eigenvalue weighted by Gasteiger charge is -2.12. The van der Waals surface area contributed by atoms with E-state index < -0.39 is 0 Å². The van der Waals surface area contributed by atoms with E-state index in [1.165, 1.54) is 0 Å². The molecule has 1 atom stereocenters. The molecule has 1 aromatic carbocycles. The van der Waals surface area contributed by atoms with Crippen LogP contribution in [0.3, 0.4) is 0 Å². The molecule has 0 unspecified atom stereocenters. The Morgan fingerprint density at radius 1 is 1.28 bits per heavy atom. The van der Waals surface area contributed by atoms with Crippen molar-refractivity contribution >= 4 is 17.4 Å². The fraction of sp³-hybridized carbons (Fsp3) is 0.316. The normalized spacial score (nSPS) is 12.1. The minimum absolute atomic E-state index is 0.0543. The van der Waals surface area contributed by atoms with Crippen molar-refractivity contribution < 1.29 is 4.79 Å². The van der Waals surface area contributed by atoms with Gasteiger partial charge in [0.15, 0.2) is 5.65 Å². The highest BCUT2D eigenvalue weighted by molar-refractivity contribution is 5.78. The first-order valence-corrected chi connectivity index (χ1v) is 8.59. The van der Waals surface area contributed by atoms with E-state index in [9.17, 15) is 4.79 Å². The molecule has 0 saturated carbocycles. The summed E-state index contributed by atoms with van der Waals surface area (Å²) in [5, 5.41) is 6.35. The van der Waals surface area contributed by atoms with Crippen LogP contribution in [0.25, 0.3) is 16.9 Å². The van der Waals surface area contributed by atoms with Gasteiger partial charge in [-0.3, -0.25) is 14.2 Å². The number of anilines is 1. The van der Waals surface area contributed by atoms with Gasteiger partial charge in [-0.15, -0.1) is 0 Å². The number of hydrogen-bond acceptors (Lipinski definition) is 4. The molecule has 0 aliphatic heterocycles. The average molecular weight is 337 g/mol. The first-order chi connectivity index (χ1) is 12.2. The molecule has 2 heterocycles. The number of imidazole rings is 1. The van der Waals surface area contributed by atoms with E-state index in [-0.39, 0.29) is 11.9 Å². The third kappa shape index (κ3) is 3.96. The Morgan fingerprint density at radius 2 is 2.08 bits per heavy atom. The summed E-state index contributed by atoms with van der Waals surface area (Å²) in [6.07, 6.45) is 6.67. The molecule has 0 aliphatic rings. The maximum atomic E-state index is 12.0. The van der Waals surface area contributed by atoms with Gasteiger partial charge < -0.3 is 10.6 Å². The second kappa shape index (κ2) is 7.79. The molecule has 0 bridgehead atoms. The summed E-state index contributed by atoms with van der Waals surface area (Å²) in [5.41, 5.74) is 2.65. The standard InChI is InChI=1S/C19H23N5O/c1-3-14(2)22-17(25)9-10-21-19-18(15-7-5-4-6-8-15)23-16-13-20-11-12-24(16)19/h4-8,11-14,21H,3,9-10H2,1-2H3,(H,22,25)/t14-/m1/s1. The fourth-order valence-electron chi connectivity index (χ4n) is 2.62. The van der Waals surface area contributed by atoms with Gasteiger partial charge in [0.25, 0.3) is 0 Å². The molecule has 2 aromatic heterocycles. The summed E-state index contributed by atoms with van der Waals surface area (Å²) < 4.78 is 1.96. The number of fused-ring (bicyclic) bond motifs is 1. The Labute approximate surface area is 147 Å². The maximum absolute atomic E-state index is 12.0. The van der Waals surface area contributed by atoms with Crippen LogP contribution >= 0.6 is 0 Å². The van der Waals surface area contributed by atoms with Gasteiger partial charge in [-0.25, -0.2) is 4.98 Å². The number of nitrogens with one attached hydrogen (secondary N) is 2. The van der Waals surface area contributed by atoms with Crippen molar-refractivity contribution in [1.29, 1.82) is 0 Å². The number of benzene rings is 1. The summed E-state index contributed by atoms with van der Waals surface area (Å²) >= 11 is 0. The molecule has 0 aliphatic carbocycles. The van der Waals surface area contributed by atoms with Gasteiger partial charge in [0, 0.05) is 37.0 Å². The van der Waals surface area contributed by atoms with E-state index in [4.69, 9.17) is 0 Å². The molecule has 0 radical (unpaired) electrons. The topological polar surface area (TPSA) is 71.3 Å². The van der Waals surface area contributed by atoms with Gasteiger partial charge in [0.05, 0.1) is 6.20 Å². The van der Waals surface area contributed by atoms with Crippen LogP contribution in [0.1, 0.15) is 26.7 Å².